The number of hydrogen-bond acceptors (Lipinski definition) is 4. The highest BCUT2D eigenvalue weighted by atomic mass is 32.1. The average Bonchev–Trinajstić information content (AvgIpc) is 2.74. The molecule has 0 saturated heterocycles. The molecule has 3 nitrogen and oxygen atoms in total. The molecule has 0 saturated carbocycles. The number of aryl methyl sites for hydroxylation is 2. The number of hydrogen-bond donors (Lipinski definition) is 1. The summed E-state index contributed by atoms with van der Waals surface area (Å²) in [6.07, 6.45) is 2.50. The summed E-state index contributed by atoms with van der Waals surface area (Å²) in [6.45, 7) is 16.8. The zero-order valence-corrected chi connectivity index (χ0v) is 14.8. The molecule has 0 spiro atoms. The molecule has 116 valence electrons. The van der Waals surface area contributed by atoms with Gasteiger partial charge in [-0.15, -0.1) is 11.3 Å². The molecule has 2 atom stereocenters. The van der Waals surface area contributed by atoms with Crippen LogP contribution in [0.15, 0.2) is 0 Å². The first-order chi connectivity index (χ1) is 9.47. The van der Waals surface area contributed by atoms with Crippen LogP contribution < -0.4 is 5.32 Å². The quantitative estimate of drug-likeness (QED) is 0.749. The first-order valence-electron chi connectivity index (χ1n) is 7.90. The van der Waals surface area contributed by atoms with Gasteiger partial charge in [-0.25, -0.2) is 4.98 Å². The van der Waals surface area contributed by atoms with Crippen LogP contribution in [0.1, 0.15) is 62.2 Å². The van der Waals surface area contributed by atoms with Gasteiger partial charge in [0.15, 0.2) is 0 Å². The van der Waals surface area contributed by atoms with Crippen molar-refractivity contribution < 1.29 is 0 Å². The fourth-order valence-corrected chi connectivity index (χ4v) is 3.63. The van der Waals surface area contributed by atoms with Gasteiger partial charge in [-0.1, -0.05) is 13.8 Å². The largest absolute Gasteiger partial charge is 0.307 e. The van der Waals surface area contributed by atoms with Crippen LogP contribution in [0.5, 0.6) is 0 Å². The van der Waals surface area contributed by atoms with E-state index in [1.807, 2.05) is 11.3 Å². The third kappa shape index (κ3) is 5.51. The lowest BCUT2D eigenvalue weighted by Crippen LogP contribution is -2.30. The van der Waals surface area contributed by atoms with Gasteiger partial charge in [0.1, 0.15) is 0 Å². The summed E-state index contributed by atoms with van der Waals surface area (Å²) in [4.78, 5) is 8.40. The minimum Gasteiger partial charge on any atom is -0.307 e. The summed E-state index contributed by atoms with van der Waals surface area (Å²) < 4.78 is 0. The van der Waals surface area contributed by atoms with Gasteiger partial charge in [-0.05, 0) is 60.2 Å². The molecule has 0 aliphatic heterocycles. The van der Waals surface area contributed by atoms with Crippen LogP contribution in [-0.2, 0) is 0 Å². The van der Waals surface area contributed by atoms with Crippen molar-refractivity contribution in [2.45, 2.75) is 66.5 Å². The standard InChI is InChI=1S/C16H31N3S/c1-7-19(8-2)11-9-10-12(3)17-13(4)16-14(5)18-15(6)20-16/h12-13,17H,7-11H2,1-6H3. The maximum absolute atomic E-state index is 4.52. The number of rotatable bonds is 9. The first-order valence-corrected chi connectivity index (χ1v) is 8.71. The molecular formula is C16H31N3S. The van der Waals surface area contributed by atoms with Crippen molar-refractivity contribution in [2.75, 3.05) is 19.6 Å². The Labute approximate surface area is 128 Å². The smallest absolute Gasteiger partial charge is 0.0900 e. The van der Waals surface area contributed by atoms with Crippen molar-refractivity contribution in [1.29, 1.82) is 0 Å². The van der Waals surface area contributed by atoms with E-state index in [-0.39, 0.29) is 0 Å². The highest BCUT2D eigenvalue weighted by Crippen LogP contribution is 2.25. The summed E-state index contributed by atoms with van der Waals surface area (Å²) >= 11 is 1.82. The van der Waals surface area contributed by atoms with Crippen LogP contribution in [-0.4, -0.2) is 35.6 Å². The summed E-state index contributed by atoms with van der Waals surface area (Å²) in [5.74, 6) is 0. The molecule has 20 heavy (non-hydrogen) atoms. The molecule has 1 aromatic rings. The fourth-order valence-electron chi connectivity index (χ4n) is 2.70. The van der Waals surface area contributed by atoms with Crippen LogP contribution in [0, 0.1) is 13.8 Å². The second kappa shape index (κ2) is 8.75. The van der Waals surface area contributed by atoms with Gasteiger partial charge in [-0.3, -0.25) is 0 Å². The summed E-state index contributed by atoms with van der Waals surface area (Å²) in [5.41, 5.74) is 1.18. The molecule has 0 radical (unpaired) electrons. The van der Waals surface area contributed by atoms with E-state index in [1.54, 1.807) is 0 Å². The zero-order valence-electron chi connectivity index (χ0n) is 14.0. The Balaban J connectivity index is 2.35. The molecule has 1 heterocycles. The molecule has 1 aromatic heterocycles. The Kier molecular flexibility index (Phi) is 7.70. The van der Waals surface area contributed by atoms with Gasteiger partial charge in [0.25, 0.3) is 0 Å². The maximum Gasteiger partial charge on any atom is 0.0900 e. The third-order valence-electron chi connectivity index (χ3n) is 3.87. The molecular weight excluding hydrogens is 266 g/mol. The van der Waals surface area contributed by atoms with E-state index in [9.17, 15) is 0 Å². The van der Waals surface area contributed by atoms with Crippen molar-refractivity contribution >= 4 is 11.3 Å². The Morgan fingerprint density at radius 2 is 1.85 bits per heavy atom. The third-order valence-corrected chi connectivity index (χ3v) is 5.13. The van der Waals surface area contributed by atoms with Crippen molar-refractivity contribution in [2.24, 2.45) is 0 Å². The molecule has 0 fully saturated rings. The minimum absolute atomic E-state index is 0.407. The number of nitrogens with zero attached hydrogens (tertiary/aromatic N) is 2. The highest BCUT2D eigenvalue weighted by Gasteiger charge is 2.15. The average molecular weight is 298 g/mol. The molecule has 0 aliphatic carbocycles. The second-order valence-corrected chi connectivity index (χ2v) is 6.88. The fraction of sp³-hybridized carbons (Fsp3) is 0.812. The number of nitrogens with one attached hydrogen (secondary N) is 1. The summed E-state index contributed by atoms with van der Waals surface area (Å²) in [7, 11) is 0. The Morgan fingerprint density at radius 3 is 2.35 bits per heavy atom. The van der Waals surface area contributed by atoms with Gasteiger partial charge >= 0.3 is 0 Å². The van der Waals surface area contributed by atoms with Crippen molar-refractivity contribution in [3.8, 4) is 0 Å². The summed E-state index contributed by atoms with van der Waals surface area (Å²) in [6, 6.07) is 0.965. The van der Waals surface area contributed by atoms with Gasteiger partial charge in [-0.2, -0.15) is 0 Å². The van der Waals surface area contributed by atoms with E-state index >= 15 is 0 Å². The van der Waals surface area contributed by atoms with Crippen LogP contribution in [0.2, 0.25) is 0 Å². The van der Waals surface area contributed by atoms with E-state index in [1.165, 1.54) is 35.0 Å². The molecule has 0 aromatic carbocycles. The maximum atomic E-state index is 4.52. The van der Waals surface area contributed by atoms with Crippen LogP contribution in [0.3, 0.4) is 0 Å². The summed E-state index contributed by atoms with van der Waals surface area (Å²) in [5, 5.41) is 4.88. The molecule has 4 heteroatoms. The first kappa shape index (κ1) is 17.6. The van der Waals surface area contributed by atoms with E-state index in [2.05, 4.69) is 56.7 Å². The van der Waals surface area contributed by atoms with Crippen molar-refractivity contribution in [3.63, 3.8) is 0 Å². The lowest BCUT2D eigenvalue weighted by atomic mass is 10.1. The lowest BCUT2D eigenvalue weighted by molar-refractivity contribution is 0.288. The molecule has 0 amide bonds. The monoisotopic (exact) mass is 297 g/mol. The minimum atomic E-state index is 0.407. The van der Waals surface area contributed by atoms with Crippen molar-refractivity contribution in [3.05, 3.63) is 15.6 Å². The highest BCUT2D eigenvalue weighted by molar-refractivity contribution is 7.11. The molecule has 0 bridgehead atoms. The molecule has 1 N–H and O–H groups in total. The number of aromatic nitrogens is 1. The van der Waals surface area contributed by atoms with Gasteiger partial charge in [0, 0.05) is 17.0 Å². The predicted octanol–water partition coefficient (Wildman–Crippen LogP) is 3.92. The Hall–Kier alpha value is -0.450. The van der Waals surface area contributed by atoms with Crippen LogP contribution >= 0.6 is 11.3 Å². The van der Waals surface area contributed by atoms with Gasteiger partial charge in [0.05, 0.1) is 10.7 Å². The van der Waals surface area contributed by atoms with E-state index in [0.29, 0.717) is 12.1 Å². The molecule has 2 unspecified atom stereocenters. The van der Waals surface area contributed by atoms with Crippen LogP contribution in [0.25, 0.3) is 0 Å². The normalized spacial score (nSPS) is 14.8. The zero-order chi connectivity index (χ0) is 15.1. The van der Waals surface area contributed by atoms with E-state index < -0.39 is 0 Å². The van der Waals surface area contributed by atoms with Gasteiger partial charge in [0.2, 0.25) is 0 Å². The number of thiazole rings is 1. The van der Waals surface area contributed by atoms with E-state index in [0.717, 1.165) is 13.1 Å². The second-order valence-electron chi connectivity index (χ2n) is 5.64. The Bertz CT molecular complexity index is 385. The van der Waals surface area contributed by atoms with Gasteiger partial charge < -0.3 is 10.2 Å². The molecule has 0 aliphatic rings. The van der Waals surface area contributed by atoms with Crippen molar-refractivity contribution in [1.82, 2.24) is 15.2 Å². The Morgan fingerprint density at radius 1 is 1.20 bits per heavy atom. The SMILES string of the molecule is CCN(CC)CCCC(C)NC(C)c1sc(C)nc1C. The predicted molar refractivity (Wildman–Crippen MR) is 89.6 cm³/mol. The van der Waals surface area contributed by atoms with E-state index in [4.69, 9.17) is 0 Å². The lowest BCUT2D eigenvalue weighted by Gasteiger charge is -2.22. The van der Waals surface area contributed by atoms with Crippen LogP contribution in [0.4, 0.5) is 0 Å². The topological polar surface area (TPSA) is 28.2 Å². The molecule has 1 rings (SSSR count).